The number of hydrogen-bond donors (Lipinski definition) is 2. The van der Waals surface area contributed by atoms with Gasteiger partial charge in [0, 0.05) is 44.0 Å². The van der Waals surface area contributed by atoms with Gasteiger partial charge in [0.1, 0.15) is 0 Å². The minimum absolute atomic E-state index is 0.298. The number of carboxylic acids is 2. The van der Waals surface area contributed by atoms with Gasteiger partial charge in [0.25, 0.3) is 0 Å². The molecule has 1 unspecified atom stereocenters. The van der Waals surface area contributed by atoms with Crippen molar-refractivity contribution >= 4 is 17.8 Å². The van der Waals surface area contributed by atoms with Crippen LogP contribution in [0.2, 0.25) is 0 Å². The van der Waals surface area contributed by atoms with Crippen LogP contribution in [0, 0.1) is 5.92 Å². The fraction of sp³-hybridized carbons (Fsp3) is 0.680. The Kier molecular flexibility index (Phi) is 11.6. The third-order valence-electron chi connectivity index (χ3n) is 7.21. The SMILES string of the molecule is O=C(CCc1cccnc1)N1CCC2(CCCN2CC2CCCC2)C1.O=C(O)C(F)(F)F.O=C(O)C(F)(F)F. The first-order valence-corrected chi connectivity index (χ1v) is 12.7. The summed E-state index contributed by atoms with van der Waals surface area (Å²) in [6.45, 7) is 4.44. The number of pyridine rings is 1. The number of halogens is 6. The molecule has 3 aliphatic rings. The number of carbonyl (C=O) groups is 3. The highest BCUT2D eigenvalue weighted by atomic mass is 19.4. The number of aliphatic carboxylic acids is 2. The first-order valence-electron chi connectivity index (χ1n) is 12.7. The molecule has 3 fully saturated rings. The Morgan fingerprint density at radius 1 is 0.949 bits per heavy atom. The molecular formula is C25H33F6N3O5. The van der Waals surface area contributed by atoms with E-state index in [1.165, 1.54) is 58.0 Å². The number of carboxylic acid groups (broad SMARTS) is 2. The third kappa shape index (κ3) is 10.3. The normalized spacial score (nSPS) is 21.7. The summed E-state index contributed by atoms with van der Waals surface area (Å²) in [5.41, 5.74) is 1.46. The summed E-state index contributed by atoms with van der Waals surface area (Å²) in [6, 6.07) is 4.01. The fourth-order valence-corrected chi connectivity index (χ4v) is 5.27. The Labute approximate surface area is 222 Å². The fourth-order valence-electron chi connectivity index (χ4n) is 5.27. The molecule has 14 heteroatoms. The smallest absolute Gasteiger partial charge is 0.475 e. The van der Waals surface area contributed by atoms with Crippen LogP contribution in [0.1, 0.15) is 56.9 Å². The van der Waals surface area contributed by atoms with E-state index in [9.17, 15) is 31.1 Å². The van der Waals surface area contributed by atoms with E-state index in [4.69, 9.17) is 19.8 Å². The second-order valence-electron chi connectivity index (χ2n) is 9.96. The van der Waals surface area contributed by atoms with E-state index in [0.29, 0.717) is 17.9 Å². The second kappa shape index (κ2) is 13.9. The zero-order valence-corrected chi connectivity index (χ0v) is 21.3. The number of aryl methyl sites for hydroxylation is 1. The monoisotopic (exact) mass is 569 g/mol. The molecule has 1 aromatic rings. The van der Waals surface area contributed by atoms with Crippen molar-refractivity contribution in [3.8, 4) is 0 Å². The van der Waals surface area contributed by atoms with Crippen molar-refractivity contribution in [2.45, 2.75) is 75.7 Å². The molecule has 2 aliphatic heterocycles. The maximum Gasteiger partial charge on any atom is 0.490 e. The molecule has 1 aromatic heterocycles. The lowest BCUT2D eigenvalue weighted by Crippen LogP contribution is -2.48. The molecule has 0 bridgehead atoms. The molecule has 2 saturated heterocycles. The lowest BCUT2D eigenvalue weighted by molar-refractivity contribution is -0.193. The predicted molar refractivity (Wildman–Crippen MR) is 127 cm³/mol. The molecule has 39 heavy (non-hydrogen) atoms. The number of rotatable bonds is 5. The van der Waals surface area contributed by atoms with Crippen LogP contribution in [0.25, 0.3) is 0 Å². The number of carbonyl (C=O) groups excluding carboxylic acids is 1. The van der Waals surface area contributed by atoms with E-state index in [2.05, 4.69) is 20.9 Å². The van der Waals surface area contributed by atoms with E-state index in [-0.39, 0.29) is 0 Å². The zero-order chi connectivity index (χ0) is 29.3. The highest BCUT2D eigenvalue weighted by molar-refractivity contribution is 5.77. The van der Waals surface area contributed by atoms with Crippen LogP contribution >= 0.6 is 0 Å². The quantitative estimate of drug-likeness (QED) is 0.501. The first-order chi connectivity index (χ1) is 18.1. The molecule has 3 heterocycles. The van der Waals surface area contributed by atoms with Gasteiger partial charge < -0.3 is 15.1 Å². The van der Waals surface area contributed by atoms with E-state index in [1.54, 1.807) is 6.20 Å². The Morgan fingerprint density at radius 2 is 1.54 bits per heavy atom. The molecule has 1 atom stereocenters. The molecule has 1 saturated carbocycles. The van der Waals surface area contributed by atoms with Gasteiger partial charge in [-0.2, -0.15) is 26.3 Å². The number of likely N-dealkylation sites (tertiary alicyclic amines) is 2. The van der Waals surface area contributed by atoms with Crippen LogP contribution in [0.3, 0.4) is 0 Å². The lowest BCUT2D eigenvalue weighted by atomic mass is 9.94. The van der Waals surface area contributed by atoms with Crippen LogP contribution < -0.4 is 0 Å². The van der Waals surface area contributed by atoms with E-state index in [0.717, 1.165) is 31.0 Å². The average molecular weight is 570 g/mol. The highest BCUT2D eigenvalue weighted by Gasteiger charge is 2.47. The molecule has 1 spiro atoms. The molecule has 4 rings (SSSR count). The molecule has 2 N–H and O–H groups in total. The maximum atomic E-state index is 12.7. The Bertz CT molecular complexity index is 930. The Hall–Kier alpha value is -2.90. The number of aromatic nitrogens is 1. The van der Waals surface area contributed by atoms with Crippen molar-refractivity contribution in [2.75, 3.05) is 26.2 Å². The maximum absolute atomic E-state index is 12.7. The summed E-state index contributed by atoms with van der Waals surface area (Å²) in [5.74, 6) is -4.28. The largest absolute Gasteiger partial charge is 0.490 e. The summed E-state index contributed by atoms with van der Waals surface area (Å²) < 4.78 is 63.5. The molecule has 8 nitrogen and oxygen atoms in total. The summed E-state index contributed by atoms with van der Waals surface area (Å²) in [7, 11) is 0. The van der Waals surface area contributed by atoms with Crippen LogP contribution in [-0.2, 0) is 20.8 Å². The molecule has 0 aromatic carbocycles. The van der Waals surface area contributed by atoms with E-state index >= 15 is 0 Å². The van der Waals surface area contributed by atoms with Gasteiger partial charge in [0.2, 0.25) is 5.91 Å². The summed E-state index contributed by atoms with van der Waals surface area (Å²) in [6.07, 6.45) is 4.37. The minimum Gasteiger partial charge on any atom is -0.475 e. The molecule has 1 amide bonds. The van der Waals surface area contributed by atoms with E-state index < -0.39 is 24.3 Å². The van der Waals surface area contributed by atoms with Gasteiger partial charge >= 0.3 is 24.3 Å². The van der Waals surface area contributed by atoms with Gasteiger partial charge in [0.15, 0.2) is 0 Å². The van der Waals surface area contributed by atoms with Gasteiger partial charge in [-0.1, -0.05) is 18.9 Å². The Balaban J connectivity index is 0.000000317. The molecular weight excluding hydrogens is 536 g/mol. The number of nitrogens with zero attached hydrogens (tertiary/aromatic N) is 3. The molecule has 1 aliphatic carbocycles. The van der Waals surface area contributed by atoms with Crippen molar-refractivity contribution in [3.05, 3.63) is 30.1 Å². The summed E-state index contributed by atoms with van der Waals surface area (Å²) >= 11 is 0. The van der Waals surface area contributed by atoms with Crippen LogP contribution in [0.4, 0.5) is 26.3 Å². The standard InChI is InChI=1S/C21H31N3O.2C2HF3O2/c25-20(9-8-18-7-3-12-22-15-18)23-14-11-21(17-23)10-4-13-24(21)16-19-5-1-2-6-19;2*3-2(4,5)1(6)7/h3,7,12,15,19H,1-2,4-6,8-11,13-14,16-17H2;2*(H,6,7). The summed E-state index contributed by atoms with van der Waals surface area (Å²) in [5, 5.41) is 14.2. The first kappa shape index (κ1) is 32.3. The van der Waals surface area contributed by atoms with Gasteiger partial charge in [-0.3, -0.25) is 14.7 Å². The minimum atomic E-state index is -5.08. The topological polar surface area (TPSA) is 111 Å². The molecule has 220 valence electrons. The number of alkyl halides is 6. The highest BCUT2D eigenvalue weighted by Crippen LogP contribution is 2.40. The Morgan fingerprint density at radius 3 is 2.05 bits per heavy atom. The molecule has 0 radical (unpaired) electrons. The van der Waals surface area contributed by atoms with Crippen LogP contribution in [0.5, 0.6) is 0 Å². The predicted octanol–water partition coefficient (Wildman–Crippen LogP) is 4.54. The van der Waals surface area contributed by atoms with Crippen molar-refractivity contribution in [1.29, 1.82) is 0 Å². The van der Waals surface area contributed by atoms with Gasteiger partial charge in [-0.15, -0.1) is 0 Å². The van der Waals surface area contributed by atoms with Crippen molar-refractivity contribution in [2.24, 2.45) is 5.92 Å². The third-order valence-corrected chi connectivity index (χ3v) is 7.21. The number of amides is 1. The van der Waals surface area contributed by atoms with Crippen molar-refractivity contribution < 1.29 is 50.9 Å². The lowest BCUT2D eigenvalue weighted by Gasteiger charge is -2.36. The number of hydrogen-bond acceptors (Lipinski definition) is 5. The zero-order valence-electron chi connectivity index (χ0n) is 21.3. The van der Waals surface area contributed by atoms with Gasteiger partial charge in [-0.05, 0) is 62.6 Å². The van der Waals surface area contributed by atoms with Crippen LogP contribution in [-0.4, -0.2) is 86.9 Å². The van der Waals surface area contributed by atoms with E-state index in [1.807, 2.05) is 12.3 Å². The second-order valence-corrected chi connectivity index (χ2v) is 9.96. The average Bonchev–Trinajstić information content (AvgIpc) is 3.61. The van der Waals surface area contributed by atoms with Crippen molar-refractivity contribution in [1.82, 2.24) is 14.8 Å². The van der Waals surface area contributed by atoms with Gasteiger partial charge in [-0.25, -0.2) is 9.59 Å². The van der Waals surface area contributed by atoms with Gasteiger partial charge in [0.05, 0.1) is 0 Å². The van der Waals surface area contributed by atoms with Crippen LogP contribution in [0.15, 0.2) is 24.5 Å². The summed E-state index contributed by atoms with van der Waals surface area (Å²) in [4.78, 5) is 39.5. The van der Waals surface area contributed by atoms with Crippen molar-refractivity contribution in [3.63, 3.8) is 0 Å².